The summed E-state index contributed by atoms with van der Waals surface area (Å²) in [7, 11) is 1.95. The third-order valence-electron chi connectivity index (χ3n) is 6.58. The van der Waals surface area contributed by atoms with E-state index in [1.165, 1.54) is 4.68 Å². The molecule has 0 saturated heterocycles. The molecule has 33 heavy (non-hydrogen) atoms. The van der Waals surface area contributed by atoms with Crippen molar-refractivity contribution in [3.63, 3.8) is 0 Å². The smallest absolute Gasteiger partial charge is 0.346 e. The topological polar surface area (TPSA) is 86.7 Å². The average Bonchev–Trinajstić information content (AvgIpc) is 3.31. The number of aryl methyl sites for hydroxylation is 3. The third kappa shape index (κ3) is 3.86. The van der Waals surface area contributed by atoms with Gasteiger partial charge in [0.2, 0.25) is 5.91 Å². The lowest BCUT2D eigenvalue weighted by atomic mass is 9.98. The standard InChI is InChI=1S/C25H28N6O2/c1-16-10-11-17(2)18(13-16)15-31-25(33)30-12-6-7-19(23(30)28-31)24(32)26-14-22-27-20-8-4-5-9-21(20)29(22)3/h4-5,8-11,13,19H,6-7,12,14-15H2,1-3H3,(H,26,32). The van der Waals surface area contributed by atoms with Gasteiger partial charge < -0.3 is 9.88 Å². The second-order valence-electron chi connectivity index (χ2n) is 8.87. The highest BCUT2D eigenvalue weighted by Crippen LogP contribution is 2.25. The van der Waals surface area contributed by atoms with Crippen LogP contribution in [0.15, 0.2) is 47.3 Å². The van der Waals surface area contributed by atoms with E-state index in [1.807, 2.05) is 49.7 Å². The second-order valence-corrected chi connectivity index (χ2v) is 8.87. The Morgan fingerprint density at radius 1 is 1.18 bits per heavy atom. The number of carbonyl (C=O) groups excluding carboxylic acids is 1. The predicted molar refractivity (Wildman–Crippen MR) is 126 cm³/mol. The first-order valence-electron chi connectivity index (χ1n) is 11.3. The van der Waals surface area contributed by atoms with E-state index in [0.29, 0.717) is 31.9 Å². The molecule has 2 aromatic heterocycles. The first-order chi connectivity index (χ1) is 15.9. The van der Waals surface area contributed by atoms with Crippen molar-refractivity contribution in [1.82, 2.24) is 29.2 Å². The monoisotopic (exact) mass is 444 g/mol. The minimum Gasteiger partial charge on any atom is -0.348 e. The Balaban J connectivity index is 1.37. The fraction of sp³-hybridized carbons (Fsp3) is 0.360. The molecule has 0 spiro atoms. The fourth-order valence-corrected chi connectivity index (χ4v) is 4.63. The third-order valence-corrected chi connectivity index (χ3v) is 6.58. The van der Waals surface area contributed by atoms with Crippen molar-refractivity contribution in [2.45, 2.75) is 52.2 Å². The molecular formula is C25H28N6O2. The van der Waals surface area contributed by atoms with Crippen molar-refractivity contribution < 1.29 is 4.79 Å². The molecule has 8 nitrogen and oxygen atoms in total. The zero-order valence-corrected chi connectivity index (χ0v) is 19.2. The van der Waals surface area contributed by atoms with Crippen LogP contribution < -0.4 is 11.0 Å². The van der Waals surface area contributed by atoms with Crippen molar-refractivity contribution in [2.24, 2.45) is 7.05 Å². The van der Waals surface area contributed by atoms with Crippen LogP contribution in [0.25, 0.3) is 11.0 Å². The van der Waals surface area contributed by atoms with E-state index < -0.39 is 5.92 Å². The van der Waals surface area contributed by atoms with Crippen LogP contribution in [0, 0.1) is 13.8 Å². The van der Waals surface area contributed by atoms with Crippen LogP contribution in [-0.2, 0) is 31.5 Å². The quantitative estimate of drug-likeness (QED) is 0.513. The molecule has 0 fully saturated rings. The average molecular weight is 445 g/mol. The summed E-state index contributed by atoms with van der Waals surface area (Å²) in [6, 6.07) is 14.1. The van der Waals surface area contributed by atoms with E-state index in [9.17, 15) is 9.59 Å². The first kappa shape index (κ1) is 21.2. The van der Waals surface area contributed by atoms with E-state index in [4.69, 9.17) is 0 Å². The molecule has 1 unspecified atom stereocenters. The Bertz CT molecular complexity index is 1410. The number of aromatic nitrogens is 5. The van der Waals surface area contributed by atoms with E-state index >= 15 is 0 Å². The summed E-state index contributed by atoms with van der Waals surface area (Å²) in [5.41, 5.74) is 5.11. The molecule has 1 atom stereocenters. The summed E-state index contributed by atoms with van der Waals surface area (Å²) in [5.74, 6) is 0.783. The Hall–Kier alpha value is -3.68. The van der Waals surface area contributed by atoms with Gasteiger partial charge in [-0.15, -0.1) is 0 Å². The number of imidazole rings is 1. The van der Waals surface area contributed by atoms with Gasteiger partial charge in [-0.2, -0.15) is 5.10 Å². The summed E-state index contributed by atoms with van der Waals surface area (Å²) in [4.78, 5) is 30.8. The molecule has 4 aromatic rings. The Morgan fingerprint density at radius 3 is 2.82 bits per heavy atom. The number of rotatable bonds is 5. The maximum absolute atomic E-state index is 13.1. The molecule has 0 radical (unpaired) electrons. The predicted octanol–water partition coefficient (Wildman–Crippen LogP) is 2.79. The number of benzene rings is 2. The van der Waals surface area contributed by atoms with Crippen LogP contribution in [0.1, 0.15) is 47.1 Å². The Labute approximate surface area is 191 Å². The molecule has 5 rings (SSSR count). The van der Waals surface area contributed by atoms with E-state index in [2.05, 4.69) is 33.6 Å². The van der Waals surface area contributed by atoms with Crippen molar-refractivity contribution in [1.29, 1.82) is 0 Å². The van der Waals surface area contributed by atoms with Gasteiger partial charge in [0.1, 0.15) is 11.6 Å². The largest absolute Gasteiger partial charge is 0.348 e. The molecule has 1 amide bonds. The highest BCUT2D eigenvalue weighted by Gasteiger charge is 2.31. The van der Waals surface area contributed by atoms with Crippen molar-refractivity contribution >= 4 is 16.9 Å². The van der Waals surface area contributed by atoms with E-state index in [0.717, 1.165) is 40.0 Å². The molecule has 170 valence electrons. The second kappa shape index (κ2) is 8.35. The molecule has 1 aliphatic heterocycles. The molecule has 1 N–H and O–H groups in total. The Morgan fingerprint density at radius 2 is 2.00 bits per heavy atom. The van der Waals surface area contributed by atoms with Gasteiger partial charge in [-0.25, -0.2) is 14.5 Å². The van der Waals surface area contributed by atoms with Crippen molar-refractivity contribution in [2.75, 3.05) is 0 Å². The first-order valence-corrected chi connectivity index (χ1v) is 11.3. The normalized spacial score (nSPS) is 15.5. The van der Waals surface area contributed by atoms with Gasteiger partial charge in [0, 0.05) is 13.6 Å². The summed E-state index contributed by atoms with van der Waals surface area (Å²) in [6.07, 6.45) is 1.45. The fourth-order valence-electron chi connectivity index (χ4n) is 4.63. The summed E-state index contributed by atoms with van der Waals surface area (Å²) in [6.45, 7) is 5.39. The Kier molecular flexibility index (Phi) is 5.36. The van der Waals surface area contributed by atoms with Gasteiger partial charge in [-0.05, 0) is 49.9 Å². The zero-order valence-electron chi connectivity index (χ0n) is 19.2. The SMILES string of the molecule is Cc1ccc(C)c(Cn2nc3n(c2=O)CCCC3C(=O)NCc2nc3ccccc3n2C)c1. The zero-order chi connectivity index (χ0) is 23.1. The molecule has 3 heterocycles. The van der Waals surface area contributed by atoms with Gasteiger partial charge in [0.25, 0.3) is 0 Å². The van der Waals surface area contributed by atoms with Crippen LogP contribution in [0.5, 0.6) is 0 Å². The van der Waals surface area contributed by atoms with Gasteiger partial charge in [0.05, 0.1) is 30.0 Å². The number of carbonyl (C=O) groups is 1. The van der Waals surface area contributed by atoms with Crippen LogP contribution in [0.2, 0.25) is 0 Å². The van der Waals surface area contributed by atoms with Crippen LogP contribution >= 0.6 is 0 Å². The molecule has 0 aliphatic carbocycles. The van der Waals surface area contributed by atoms with Crippen molar-refractivity contribution in [3.8, 4) is 0 Å². The number of hydrogen-bond acceptors (Lipinski definition) is 4. The summed E-state index contributed by atoms with van der Waals surface area (Å²) >= 11 is 0. The molecule has 1 aliphatic rings. The number of para-hydroxylation sites is 2. The van der Waals surface area contributed by atoms with Gasteiger partial charge in [0.15, 0.2) is 0 Å². The van der Waals surface area contributed by atoms with Crippen molar-refractivity contribution in [3.05, 3.63) is 81.3 Å². The lowest BCUT2D eigenvalue weighted by Crippen LogP contribution is -2.35. The summed E-state index contributed by atoms with van der Waals surface area (Å²) in [5, 5.41) is 7.63. The number of amides is 1. The minimum absolute atomic E-state index is 0.119. The van der Waals surface area contributed by atoms with E-state index in [1.54, 1.807) is 4.57 Å². The molecule has 8 heteroatoms. The van der Waals surface area contributed by atoms with Crippen LogP contribution in [-0.4, -0.2) is 29.8 Å². The lowest BCUT2D eigenvalue weighted by molar-refractivity contribution is -0.123. The number of nitrogens with zero attached hydrogens (tertiary/aromatic N) is 5. The van der Waals surface area contributed by atoms with Crippen LogP contribution in [0.4, 0.5) is 0 Å². The van der Waals surface area contributed by atoms with Gasteiger partial charge >= 0.3 is 5.69 Å². The lowest BCUT2D eigenvalue weighted by Gasteiger charge is -2.21. The highest BCUT2D eigenvalue weighted by atomic mass is 16.2. The minimum atomic E-state index is -0.444. The molecule has 0 saturated carbocycles. The number of fused-ring (bicyclic) bond motifs is 2. The van der Waals surface area contributed by atoms with Crippen LogP contribution in [0.3, 0.4) is 0 Å². The summed E-state index contributed by atoms with van der Waals surface area (Å²) < 4.78 is 5.15. The van der Waals surface area contributed by atoms with Gasteiger partial charge in [-0.3, -0.25) is 9.36 Å². The van der Waals surface area contributed by atoms with E-state index in [-0.39, 0.29) is 11.6 Å². The maximum Gasteiger partial charge on any atom is 0.346 e. The molecule has 0 bridgehead atoms. The molecular weight excluding hydrogens is 416 g/mol. The maximum atomic E-state index is 13.1. The number of nitrogens with one attached hydrogen (secondary N) is 1. The van der Waals surface area contributed by atoms with Gasteiger partial charge in [-0.1, -0.05) is 35.9 Å². The molecule has 2 aromatic carbocycles. The highest BCUT2D eigenvalue weighted by molar-refractivity contribution is 5.83. The number of hydrogen-bond donors (Lipinski definition) is 1.